The van der Waals surface area contributed by atoms with Crippen LogP contribution in [0.1, 0.15) is 58.8 Å². The summed E-state index contributed by atoms with van der Waals surface area (Å²) in [7, 11) is 0. The first-order chi connectivity index (χ1) is 9.03. The van der Waals surface area contributed by atoms with Crippen molar-refractivity contribution in [2.45, 2.75) is 69.9 Å². The first-order valence-corrected chi connectivity index (χ1v) is 7.59. The Morgan fingerprint density at radius 1 is 1.26 bits per heavy atom. The summed E-state index contributed by atoms with van der Waals surface area (Å²) in [5.74, 6) is 0.141. The summed E-state index contributed by atoms with van der Waals surface area (Å²) in [5, 5.41) is 2.99. The molecule has 3 fully saturated rings. The van der Waals surface area contributed by atoms with E-state index >= 15 is 0 Å². The fraction of sp³-hybridized carbons (Fsp3) is 0.867. The number of amides is 1. The molecule has 106 valence electrons. The van der Waals surface area contributed by atoms with Crippen molar-refractivity contribution < 1.29 is 14.3 Å². The van der Waals surface area contributed by atoms with Gasteiger partial charge in [-0.1, -0.05) is 39.0 Å². The van der Waals surface area contributed by atoms with Gasteiger partial charge in [-0.15, -0.1) is 0 Å². The van der Waals surface area contributed by atoms with Crippen LogP contribution in [0, 0.1) is 11.8 Å². The molecule has 0 aromatic carbocycles. The Kier molecular flexibility index (Phi) is 2.88. The van der Waals surface area contributed by atoms with E-state index < -0.39 is 11.1 Å². The van der Waals surface area contributed by atoms with E-state index in [2.05, 4.69) is 5.32 Å². The van der Waals surface area contributed by atoms with Gasteiger partial charge in [-0.2, -0.15) is 0 Å². The highest BCUT2D eigenvalue weighted by atomic mass is 16.6. The van der Waals surface area contributed by atoms with Crippen LogP contribution >= 0.6 is 0 Å². The zero-order valence-corrected chi connectivity index (χ0v) is 11.8. The molecule has 0 aromatic heterocycles. The molecule has 19 heavy (non-hydrogen) atoms. The van der Waals surface area contributed by atoms with Crippen LogP contribution in [-0.4, -0.2) is 23.0 Å². The quantitative estimate of drug-likeness (QED) is 0.796. The number of rotatable bonds is 3. The van der Waals surface area contributed by atoms with Gasteiger partial charge in [0.25, 0.3) is 0 Å². The normalized spacial score (nSPS) is 42.3. The summed E-state index contributed by atoms with van der Waals surface area (Å²) in [6.07, 6.45) is 7.65. The van der Waals surface area contributed by atoms with Crippen LogP contribution in [0.2, 0.25) is 0 Å². The third kappa shape index (κ3) is 1.58. The molecule has 0 unspecified atom stereocenters. The fourth-order valence-electron chi connectivity index (χ4n) is 4.35. The van der Waals surface area contributed by atoms with Crippen LogP contribution in [-0.2, 0) is 14.3 Å². The third-order valence-electron chi connectivity index (χ3n) is 5.55. The van der Waals surface area contributed by atoms with Gasteiger partial charge >= 0.3 is 5.97 Å². The fourth-order valence-corrected chi connectivity index (χ4v) is 4.35. The molecule has 0 bridgehead atoms. The standard InChI is InChI=1S/C15H23NO3/c1-3-11-12(17)16-15(13(18)19-14(11,15)2)9-10-7-5-4-6-8-10/h10-11H,3-9H2,1-2H3,(H,16,17)/t11-,14+,15+/m1/s1. The number of hydrogen-bond donors (Lipinski definition) is 1. The van der Waals surface area contributed by atoms with Crippen molar-refractivity contribution in [1.82, 2.24) is 5.32 Å². The molecule has 0 radical (unpaired) electrons. The van der Waals surface area contributed by atoms with Gasteiger partial charge in [0.15, 0.2) is 11.1 Å². The van der Waals surface area contributed by atoms with Crippen molar-refractivity contribution in [3.05, 3.63) is 0 Å². The maximum Gasteiger partial charge on any atom is 0.336 e. The van der Waals surface area contributed by atoms with Gasteiger partial charge in [-0.25, -0.2) is 4.79 Å². The molecular weight excluding hydrogens is 242 g/mol. The number of esters is 1. The molecular formula is C15H23NO3. The zero-order valence-electron chi connectivity index (χ0n) is 11.8. The zero-order chi connectivity index (χ0) is 13.7. The van der Waals surface area contributed by atoms with Crippen LogP contribution in [0.4, 0.5) is 0 Å². The molecule has 1 aliphatic carbocycles. The van der Waals surface area contributed by atoms with E-state index in [1.54, 1.807) is 0 Å². The van der Waals surface area contributed by atoms with E-state index in [4.69, 9.17) is 4.74 Å². The predicted octanol–water partition coefficient (Wildman–Crippen LogP) is 2.17. The predicted molar refractivity (Wildman–Crippen MR) is 70.3 cm³/mol. The maximum absolute atomic E-state index is 12.1. The molecule has 1 N–H and O–H groups in total. The van der Waals surface area contributed by atoms with Crippen LogP contribution in [0.15, 0.2) is 0 Å². The second-order valence-corrected chi connectivity index (χ2v) is 6.56. The lowest BCUT2D eigenvalue weighted by Gasteiger charge is -2.52. The molecule has 2 aliphatic heterocycles. The van der Waals surface area contributed by atoms with Gasteiger partial charge < -0.3 is 10.1 Å². The van der Waals surface area contributed by atoms with Crippen molar-refractivity contribution in [3.63, 3.8) is 0 Å². The molecule has 2 heterocycles. The number of hydrogen-bond acceptors (Lipinski definition) is 3. The summed E-state index contributed by atoms with van der Waals surface area (Å²) in [6, 6.07) is 0. The highest BCUT2D eigenvalue weighted by Crippen LogP contribution is 2.53. The Labute approximate surface area is 114 Å². The average Bonchev–Trinajstić information content (AvgIpc) is 2.55. The molecule has 3 aliphatic rings. The lowest BCUT2D eigenvalue weighted by atomic mass is 9.65. The van der Waals surface area contributed by atoms with Crippen LogP contribution in [0.25, 0.3) is 0 Å². The summed E-state index contributed by atoms with van der Waals surface area (Å²) in [4.78, 5) is 24.2. The summed E-state index contributed by atoms with van der Waals surface area (Å²) < 4.78 is 5.45. The Bertz CT molecular complexity index is 416. The number of ether oxygens (including phenoxy) is 1. The van der Waals surface area contributed by atoms with Crippen molar-refractivity contribution in [2.75, 3.05) is 0 Å². The number of carbonyl (C=O) groups is 2. The number of carbonyl (C=O) groups excluding carboxylic acids is 2. The van der Waals surface area contributed by atoms with Crippen LogP contribution in [0.5, 0.6) is 0 Å². The SMILES string of the molecule is CC[C@@H]1C(=O)N[C@@]2(CC3CCCCC3)C(=O)O[C@@]12C. The first kappa shape index (κ1) is 12.9. The summed E-state index contributed by atoms with van der Waals surface area (Å²) in [6.45, 7) is 3.92. The van der Waals surface area contributed by atoms with Gasteiger partial charge in [-0.05, 0) is 25.7 Å². The number of nitrogens with one attached hydrogen (secondary N) is 1. The van der Waals surface area contributed by atoms with Crippen molar-refractivity contribution >= 4 is 11.9 Å². The van der Waals surface area contributed by atoms with E-state index in [1.165, 1.54) is 32.1 Å². The molecule has 1 saturated carbocycles. The van der Waals surface area contributed by atoms with E-state index in [-0.39, 0.29) is 17.8 Å². The van der Waals surface area contributed by atoms with E-state index in [1.807, 2.05) is 13.8 Å². The van der Waals surface area contributed by atoms with Crippen molar-refractivity contribution in [1.29, 1.82) is 0 Å². The minimum absolute atomic E-state index is 0.00772. The van der Waals surface area contributed by atoms with Gasteiger partial charge in [0.1, 0.15) is 0 Å². The lowest BCUT2D eigenvalue weighted by molar-refractivity contribution is -0.222. The minimum Gasteiger partial charge on any atom is -0.453 e. The lowest BCUT2D eigenvalue weighted by Crippen LogP contribution is -2.74. The van der Waals surface area contributed by atoms with E-state index in [9.17, 15) is 9.59 Å². The second kappa shape index (κ2) is 4.22. The summed E-state index contributed by atoms with van der Waals surface area (Å²) >= 11 is 0. The molecule has 0 spiro atoms. The highest BCUT2D eigenvalue weighted by Gasteiger charge is 2.75. The third-order valence-corrected chi connectivity index (χ3v) is 5.55. The molecule has 4 nitrogen and oxygen atoms in total. The van der Waals surface area contributed by atoms with Crippen LogP contribution in [0.3, 0.4) is 0 Å². The topological polar surface area (TPSA) is 55.4 Å². The van der Waals surface area contributed by atoms with Gasteiger partial charge in [0.05, 0.1) is 5.92 Å². The average molecular weight is 265 g/mol. The first-order valence-electron chi connectivity index (χ1n) is 7.59. The molecule has 3 atom stereocenters. The highest BCUT2D eigenvalue weighted by molar-refractivity contribution is 6.01. The second-order valence-electron chi connectivity index (χ2n) is 6.56. The minimum atomic E-state index is -0.729. The molecule has 0 aromatic rings. The van der Waals surface area contributed by atoms with Crippen molar-refractivity contribution in [2.24, 2.45) is 11.8 Å². The Morgan fingerprint density at radius 3 is 2.53 bits per heavy atom. The molecule has 3 rings (SSSR count). The van der Waals surface area contributed by atoms with Gasteiger partial charge in [0, 0.05) is 0 Å². The molecule has 4 heteroatoms. The van der Waals surface area contributed by atoms with E-state index in [0.717, 1.165) is 12.8 Å². The molecule has 1 amide bonds. The van der Waals surface area contributed by atoms with Gasteiger partial charge in [0.2, 0.25) is 5.91 Å². The largest absolute Gasteiger partial charge is 0.453 e. The number of fused-ring (bicyclic) bond motifs is 1. The molecule has 2 saturated heterocycles. The summed E-state index contributed by atoms with van der Waals surface area (Å²) in [5.41, 5.74) is -1.35. The Morgan fingerprint density at radius 2 is 1.95 bits per heavy atom. The Hall–Kier alpha value is -1.06. The maximum atomic E-state index is 12.1. The monoisotopic (exact) mass is 265 g/mol. The van der Waals surface area contributed by atoms with Gasteiger partial charge in [-0.3, -0.25) is 4.79 Å². The van der Waals surface area contributed by atoms with Crippen LogP contribution < -0.4 is 5.32 Å². The van der Waals surface area contributed by atoms with E-state index in [0.29, 0.717) is 5.92 Å². The smallest absolute Gasteiger partial charge is 0.336 e. The van der Waals surface area contributed by atoms with Crippen molar-refractivity contribution in [3.8, 4) is 0 Å². The Balaban J connectivity index is 1.84.